The first-order chi connectivity index (χ1) is 8.10. The Morgan fingerprint density at radius 1 is 1.29 bits per heavy atom. The van der Waals surface area contributed by atoms with E-state index in [0.717, 1.165) is 28.3 Å². The molecule has 0 bridgehead atoms. The van der Waals surface area contributed by atoms with Gasteiger partial charge in [-0.05, 0) is 6.92 Å². The van der Waals surface area contributed by atoms with Crippen LogP contribution in [-0.2, 0) is 0 Å². The normalized spacial score (nSPS) is 29.1. The Labute approximate surface area is 112 Å². The Kier molecular flexibility index (Phi) is 4.20. The number of hydrogen-bond donors (Lipinski definition) is 1. The minimum atomic E-state index is 0.429. The first-order valence-corrected chi connectivity index (χ1v) is 7.89. The average Bonchev–Trinajstić information content (AvgIpc) is 2.32. The van der Waals surface area contributed by atoms with Gasteiger partial charge in [-0.3, -0.25) is 0 Å². The van der Waals surface area contributed by atoms with Crippen molar-refractivity contribution in [3.8, 4) is 0 Å². The van der Waals surface area contributed by atoms with Crippen LogP contribution in [0.25, 0.3) is 0 Å². The van der Waals surface area contributed by atoms with Crippen LogP contribution in [0, 0.1) is 6.92 Å². The van der Waals surface area contributed by atoms with E-state index in [1.165, 1.54) is 0 Å². The lowest BCUT2D eigenvalue weighted by molar-refractivity contribution is 0.853. The third-order valence-corrected chi connectivity index (χ3v) is 6.35. The van der Waals surface area contributed by atoms with Crippen LogP contribution >= 0.6 is 23.5 Å². The van der Waals surface area contributed by atoms with E-state index in [1.54, 1.807) is 0 Å². The minimum Gasteiger partial charge on any atom is -0.373 e. The van der Waals surface area contributed by atoms with Crippen molar-refractivity contribution >= 4 is 29.3 Å². The molecule has 1 aliphatic rings. The maximum atomic E-state index is 4.58. The second kappa shape index (κ2) is 5.48. The van der Waals surface area contributed by atoms with Gasteiger partial charge in [-0.15, -0.1) is 11.8 Å². The fourth-order valence-corrected chi connectivity index (χ4v) is 4.63. The molecule has 2 heterocycles. The fourth-order valence-electron chi connectivity index (χ4n) is 1.78. The molecule has 1 aromatic rings. The largest absolute Gasteiger partial charge is 0.373 e. The molecule has 17 heavy (non-hydrogen) atoms. The zero-order valence-corrected chi connectivity index (χ0v) is 12.4. The standard InChI is InChI=1S/C12H19N3S2/c1-7-5-11(13-4)15-12(14-7)10-6-16-8(2)9(3)17-10/h5,8-10H,6H2,1-4H3,(H,13,14,15). The summed E-state index contributed by atoms with van der Waals surface area (Å²) in [7, 11) is 1.90. The second-order valence-corrected chi connectivity index (χ2v) is 7.37. The lowest BCUT2D eigenvalue weighted by Crippen LogP contribution is -2.23. The quantitative estimate of drug-likeness (QED) is 0.893. The van der Waals surface area contributed by atoms with Gasteiger partial charge in [0.25, 0.3) is 0 Å². The molecule has 2 rings (SSSR count). The molecule has 0 aliphatic carbocycles. The molecule has 1 aliphatic heterocycles. The Balaban J connectivity index is 2.19. The average molecular weight is 269 g/mol. The molecule has 3 unspecified atom stereocenters. The summed E-state index contributed by atoms with van der Waals surface area (Å²) in [6, 6.07) is 1.98. The first kappa shape index (κ1) is 13.0. The van der Waals surface area contributed by atoms with E-state index < -0.39 is 0 Å². The smallest absolute Gasteiger partial charge is 0.144 e. The highest BCUT2D eigenvalue weighted by atomic mass is 32.2. The monoisotopic (exact) mass is 269 g/mol. The molecule has 1 fully saturated rings. The summed E-state index contributed by atoms with van der Waals surface area (Å²) in [6.07, 6.45) is 0. The van der Waals surface area contributed by atoms with Crippen molar-refractivity contribution in [3.05, 3.63) is 17.6 Å². The Bertz CT molecular complexity index is 397. The van der Waals surface area contributed by atoms with E-state index in [2.05, 4.69) is 29.1 Å². The van der Waals surface area contributed by atoms with Gasteiger partial charge in [0.1, 0.15) is 11.6 Å². The summed E-state index contributed by atoms with van der Waals surface area (Å²) in [4.78, 5) is 9.16. The molecule has 3 atom stereocenters. The minimum absolute atomic E-state index is 0.429. The number of aryl methyl sites for hydroxylation is 1. The zero-order chi connectivity index (χ0) is 12.4. The van der Waals surface area contributed by atoms with Gasteiger partial charge in [0.2, 0.25) is 0 Å². The van der Waals surface area contributed by atoms with Crippen LogP contribution < -0.4 is 5.32 Å². The van der Waals surface area contributed by atoms with Gasteiger partial charge in [0.15, 0.2) is 0 Å². The van der Waals surface area contributed by atoms with Crippen LogP contribution in [0.15, 0.2) is 6.07 Å². The van der Waals surface area contributed by atoms with Crippen molar-refractivity contribution in [2.75, 3.05) is 18.1 Å². The highest BCUT2D eigenvalue weighted by Crippen LogP contribution is 2.43. The highest BCUT2D eigenvalue weighted by molar-refractivity contribution is 8.07. The second-order valence-electron chi connectivity index (χ2n) is 4.37. The third kappa shape index (κ3) is 3.07. The van der Waals surface area contributed by atoms with E-state index in [-0.39, 0.29) is 0 Å². The number of thioether (sulfide) groups is 2. The van der Waals surface area contributed by atoms with Gasteiger partial charge < -0.3 is 5.32 Å². The maximum Gasteiger partial charge on any atom is 0.144 e. The molecule has 0 aromatic carbocycles. The first-order valence-electron chi connectivity index (χ1n) is 5.90. The van der Waals surface area contributed by atoms with E-state index in [4.69, 9.17) is 0 Å². The molecule has 0 amide bonds. The summed E-state index contributed by atoms with van der Waals surface area (Å²) in [5.74, 6) is 3.01. The fraction of sp³-hybridized carbons (Fsp3) is 0.667. The number of hydrogen-bond acceptors (Lipinski definition) is 5. The van der Waals surface area contributed by atoms with Crippen LogP contribution in [0.2, 0.25) is 0 Å². The van der Waals surface area contributed by atoms with Crippen molar-refractivity contribution in [1.82, 2.24) is 9.97 Å². The molecule has 1 aromatic heterocycles. The van der Waals surface area contributed by atoms with Gasteiger partial charge in [0.05, 0.1) is 5.25 Å². The van der Waals surface area contributed by atoms with Crippen molar-refractivity contribution in [2.45, 2.75) is 36.5 Å². The number of aromatic nitrogens is 2. The molecule has 3 nitrogen and oxygen atoms in total. The molecule has 1 saturated heterocycles. The molecule has 0 spiro atoms. The Morgan fingerprint density at radius 2 is 2.06 bits per heavy atom. The molecule has 1 N–H and O–H groups in total. The summed E-state index contributed by atoms with van der Waals surface area (Å²) >= 11 is 4.03. The molecule has 0 saturated carbocycles. The summed E-state index contributed by atoms with van der Waals surface area (Å²) in [6.45, 7) is 6.62. The van der Waals surface area contributed by atoms with Gasteiger partial charge in [-0.2, -0.15) is 11.8 Å². The topological polar surface area (TPSA) is 37.8 Å². The molecule has 5 heteroatoms. The van der Waals surface area contributed by atoms with Crippen molar-refractivity contribution < 1.29 is 0 Å². The van der Waals surface area contributed by atoms with E-state index in [0.29, 0.717) is 10.5 Å². The summed E-state index contributed by atoms with van der Waals surface area (Å²) < 4.78 is 0. The van der Waals surface area contributed by atoms with Crippen LogP contribution in [0.3, 0.4) is 0 Å². The molecule has 0 radical (unpaired) electrons. The van der Waals surface area contributed by atoms with Crippen LogP contribution in [0.4, 0.5) is 5.82 Å². The maximum absolute atomic E-state index is 4.58. The predicted molar refractivity (Wildman–Crippen MR) is 78.0 cm³/mol. The lowest BCUT2D eigenvalue weighted by Gasteiger charge is -2.30. The van der Waals surface area contributed by atoms with Crippen LogP contribution in [0.1, 0.15) is 30.6 Å². The SMILES string of the molecule is CNc1cc(C)nc(C2CSC(C)C(C)S2)n1. The van der Waals surface area contributed by atoms with E-state index in [1.807, 2.05) is 43.6 Å². The van der Waals surface area contributed by atoms with Crippen molar-refractivity contribution in [3.63, 3.8) is 0 Å². The van der Waals surface area contributed by atoms with E-state index >= 15 is 0 Å². The summed E-state index contributed by atoms with van der Waals surface area (Å²) in [5, 5.41) is 4.92. The highest BCUT2D eigenvalue weighted by Gasteiger charge is 2.28. The van der Waals surface area contributed by atoms with Crippen molar-refractivity contribution in [2.24, 2.45) is 0 Å². The van der Waals surface area contributed by atoms with Gasteiger partial charge in [-0.25, -0.2) is 9.97 Å². The molecular formula is C12H19N3S2. The molecular weight excluding hydrogens is 250 g/mol. The Hall–Kier alpha value is -0.420. The van der Waals surface area contributed by atoms with Gasteiger partial charge >= 0.3 is 0 Å². The van der Waals surface area contributed by atoms with Crippen LogP contribution in [-0.4, -0.2) is 33.3 Å². The number of anilines is 1. The van der Waals surface area contributed by atoms with Gasteiger partial charge in [0, 0.05) is 35.1 Å². The predicted octanol–water partition coefficient (Wildman–Crippen LogP) is 3.12. The lowest BCUT2D eigenvalue weighted by atomic mass is 10.3. The van der Waals surface area contributed by atoms with Crippen LogP contribution in [0.5, 0.6) is 0 Å². The number of rotatable bonds is 2. The van der Waals surface area contributed by atoms with Gasteiger partial charge in [-0.1, -0.05) is 13.8 Å². The van der Waals surface area contributed by atoms with Crippen molar-refractivity contribution in [1.29, 1.82) is 0 Å². The Morgan fingerprint density at radius 3 is 2.71 bits per heavy atom. The summed E-state index contributed by atoms with van der Waals surface area (Å²) in [5.41, 5.74) is 1.04. The number of nitrogens with zero attached hydrogens (tertiary/aromatic N) is 2. The number of nitrogens with one attached hydrogen (secondary N) is 1. The zero-order valence-electron chi connectivity index (χ0n) is 10.7. The third-order valence-electron chi connectivity index (χ3n) is 2.97. The van der Waals surface area contributed by atoms with E-state index in [9.17, 15) is 0 Å². The molecule has 94 valence electrons.